The molecule has 2 aromatic rings. The second-order valence-electron chi connectivity index (χ2n) is 4.66. The maximum Gasteiger partial charge on any atom is 0.258 e. The average Bonchev–Trinajstić information content (AvgIpc) is 2.92. The van der Waals surface area contributed by atoms with E-state index in [4.69, 9.17) is 5.26 Å². The van der Waals surface area contributed by atoms with E-state index in [1.807, 2.05) is 0 Å². The first-order valence-corrected chi connectivity index (χ1v) is 6.72. The molecule has 0 atom stereocenters. The molecule has 1 heterocycles. The monoisotopic (exact) mass is 283 g/mol. The smallest absolute Gasteiger partial charge is 0.258 e. The molecule has 0 bridgehead atoms. The van der Waals surface area contributed by atoms with Crippen LogP contribution in [-0.2, 0) is 7.05 Å². The van der Waals surface area contributed by atoms with Gasteiger partial charge in [-0.15, -0.1) is 0 Å². The molecular weight excluding hydrogens is 266 g/mol. The van der Waals surface area contributed by atoms with Gasteiger partial charge < -0.3 is 10.6 Å². The Morgan fingerprint density at radius 1 is 1.43 bits per heavy atom. The van der Waals surface area contributed by atoms with Crippen LogP contribution >= 0.6 is 0 Å². The number of aromatic nitrogens is 2. The standard InChI is InChI=1S/C15H17N5O/c1-3-6-17-13-5-4-11(8-16)7-14(13)19-15(21)12-9-18-20(2)10-12/h4-5,7,9-10,17H,3,6H2,1-2H3,(H,19,21). The average molecular weight is 283 g/mol. The molecule has 2 rings (SSSR count). The van der Waals surface area contributed by atoms with Crippen LogP contribution in [0.2, 0.25) is 0 Å². The maximum atomic E-state index is 12.2. The summed E-state index contributed by atoms with van der Waals surface area (Å²) in [6.45, 7) is 2.85. The van der Waals surface area contributed by atoms with Crippen molar-refractivity contribution < 1.29 is 4.79 Å². The van der Waals surface area contributed by atoms with Crippen LogP contribution in [-0.4, -0.2) is 22.2 Å². The number of hydrogen-bond donors (Lipinski definition) is 2. The number of carbonyl (C=O) groups excluding carboxylic acids is 1. The zero-order valence-electron chi connectivity index (χ0n) is 12.1. The fourth-order valence-corrected chi connectivity index (χ4v) is 1.86. The van der Waals surface area contributed by atoms with Crippen LogP contribution in [0, 0.1) is 11.3 Å². The van der Waals surface area contributed by atoms with Gasteiger partial charge in [-0.3, -0.25) is 9.48 Å². The highest BCUT2D eigenvalue weighted by molar-refractivity contribution is 6.05. The molecule has 0 saturated carbocycles. The zero-order chi connectivity index (χ0) is 15.2. The lowest BCUT2D eigenvalue weighted by Gasteiger charge is -2.12. The molecular formula is C15H17N5O. The van der Waals surface area contributed by atoms with E-state index in [1.165, 1.54) is 6.20 Å². The number of nitrogens with zero attached hydrogens (tertiary/aromatic N) is 3. The van der Waals surface area contributed by atoms with Gasteiger partial charge in [-0.2, -0.15) is 10.4 Å². The summed E-state index contributed by atoms with van der Waals surface area (Å²) in [6.07, 6.45) is 4.11. The topological polar surface area (TPSA) is 82.7 Å². The molecule has 0 aliphatic rings. The molecule has 6 heteroatoms. The van der Waals surface area contributed by atoms with Gasteiger partial charge in [0.2, 0.25) is 0 Å². The Labute approximate surface area is 123 Å². The first kappa shape index (κ1) is 14.6. The van der Waals surface area contributed by atoms with Gasteiger partial charge in [-0.1, -0.05) is 6.92 Å². The van der Waals surface area contributed by atoms with Crippen LogP contribution < -0.4 is 10.6 Å². The summed E-state index contributed by atoms with van der Waals surface area (Å²) in [5.74, 6) is -0.252. The molecule has 1 aromatic carbocycles. The van der Waals surface area contributed by atoms with Crippen molar-refractivity contribution in [2.45, 2.75) is 13.3 Å². The molecule has 0 aliphatic heterocycles. The van der Waals surface area contributed by atoms with Crippen LogP contribution in [0.5, 0.6) is 0 Å². The van der Waals surface area contributed by atoms with Crippen molar-refractivity contribution in [3.05, 3.63) is 41.7 Å². The molecule has 108 valence electrons. The number of amides is 1. The van der Waals surface area contributed by atoms with E-state index >= 15 is 0 Å². The van der Waals surface area contributed by atoms with Gasteiger partial charge in [0.25, 0.3) is 5.91 Å². The Bertz CT molecular complexity index is 684. The molecule has 0 aliphatic carbocycles. The highest BCUT2D eigenvalue weighted by Gasteiger charge is 2.11. The van der Waals surface area contributed by atoms with E-state index < -0.39 is 0 Å². The van der Waals surface area contributed by atoms with Crippen LogP contribution in [0.4, 0.5) is 11.4 Å². The lowest BCUT2D eigenvalue weighted by Crippen LogP contribution is -2.13. The number of carbonyl (C=O) groups is 1. The summed E-state index contributed by atoms with van der Waals surface area (Å²) in [4.78, 5) is 12.2. The largest absolute Gasteiger partial charge is 0.383 e. The van der Waals surface area contributed by atoms with Crippen LogP contribution in [0.15, 0.2) is 30.6 Å². The third-order valence-electron chi connectivity index (χ3n) is 2.93. The van der Waals surface area contributed by atoms with Gasteiger partial charge in [0.15, 0.2) is 0 Å². The van der Waals surface area contributed by atoms with Crippen LogP contribution in [0.3, 0.4) is 0 Å². The van der Waals surface area contributed by atoms with Gasteiger partial charge in [-0.05, 0) is 24.6 Å². The lowest BCUT2D eigenvalue weighted by molar-refractivity contribution is 0.102. The number of hydrogen-bond acceptors (Lipinski definition) is 4. The summed E-state index contributed by atoms with van der Waals surface area (Å²) in [7, 11) is 1.75. The van der Waals surface area contributed by atoms with Crippen molar-refractivity contribution in [2.75, 3.05) is 17.2 Å². The highest BCUT2D eigenvalue weighted by Crippen LogP contribution is 2.23. The van der Waals surface area contributed by atoms with Crippen molar-refractivity contribution in [1.82, 2.24) is 9.78 Å². The van der Waals surface area contributed by atoms with Crippen molar-refractivity contribution in [3.63, 3.8) is 0 Å². The molecule has 6 nitrogen and oxygen atoms in total. The first-order valence-electron chi connectivity index (χ1n) is 6.72. The molecule has 0 radical (unpaired) electrons. The fraction of sp³-hybridized carbons (Fsp3) is 0.267. The zero-order valence-corrected chi connectivity index (χ0v) is 12.1. The van der Waals surface area contributed by atoms with Crippen molar-refractivity contribution in [2.24, 2.45) is 7.05 Å². The van der Waals surface area contributed by atoms with Gasteiger partial charge in [0.05, 0.1) is 34.8 Å². The molecule has 0 fully saturated rings. The van der Waals surface area contributed by atoms with E-state index in [2.05, 4.69) is 28.7 Å². The maximum absolute atomic E-state index is 12.2. The molecule has 21 heavy (non-hydrogen) atoms. The van der Waals surface area contributed by atoms with Crippen molar-refractivity contribution >= 4 is 17.3 Å². The predicted octanol–water partition coefficient (Wildman–Crippen LogP) is 2.37. The minimum absolute atomic E-state index is 0.252. The number of nitriles is 1. The lowest BCUT2D eigenvalue weighted by atomic mass is 10.1. The number of nitrogens with one attached hydrogen (secondary N) is 2. The van der Waals surface area contributed by atoms with Crippen LogP contribution in [0.1, 0.15) is 29.3 Å². The first-order chi connectivity index (χ1) is 10.1. The highest BCUT2D eigenvalue weighted by atomic mass is 16.1. The second-order valence-corrected chi connectivity index (χ2v) is 4.66. The van der Waals surface area contributed by atoms with Gasteiger partial charge in [0, 0.05) is 19.8 Å². The molecule has 1 amide bonds. The van der Waals surface area contributed by atoms with E-state index in [9.17, 15) is 4.79 Å². The molecule has 1 aromatic heterocycles. The van der Waals surface area contributed by atoms with Gasteiger partial charge in [-0.25, -0.2) is 0 Å². The quantitative estimate of drug-likeness (QED) is 0.882. The Kier molecular flexibility index (Phi) is 4.57. The van der Waals surface area contributed by atoms with E-state index in [-0.39, 0.29) is 5.91 Å². The Hall–Kier alpha value is -2.81. The number of anilines is 2. The second kappa shape index (κ2) is 6.57. The minimum Gasteiger partial charge on any atom is -0.383 e. The summed E-state index contributed by atoms with van der Waals surface area (Å²) in [5.41, 5.74) is 2.37. The predicted molar refractivity (Wildman–Crippen MR) is 81.1 cm³/mol. The summed E-state index contributed by atoms with van der Waals surface area (Å²) >= 11 is 0. The molecule has 0 unspecified atom stereocenters. The third-order valence-corrected chi connectivity index (χ3v) is 2.93. The Balaban J connectivity index is 2.24. The Morgan fingerprint density at radius 3 is 2.86 bits per heavy atom. The van der Waals surface area contributed by atoms with E-state index in [0.29, 0.717) is 16.8 Å². The molecule has 0 saturated heterocycles. The number of aryl methyl sites for hydroxylation is 1. The number of benzene rings is 1. The van der Waals surface area contributed by atoms with Gasteiger partial charge >= 0.3 is 0 Å². The summed E-state index contributed by atoms with van der Waals surface area (Å²) < 4.78 is 1.57. The SMILES string of the molecule is CCCNc1ccc(C#N)cc1NC(=O)c1cnn(C)c1. The van der Waals surface area contributed by atoms with Crippen molar-refractivity contribution in [3.8, 4) is 6.07 Å². The minimum atomic E-state index is -0.252. The van der Waals surface area contributed by atoms with Crippen molar-refractivity contribution in [1.29, 1.82) is 5.26 Å². The molecule has 0 spiro atoms. The fourth-order valence-electron chi connectivity index (χ4n) is 1.86. The van der Waals surface area contributed by atoms with Crippen LogP contribution in [0.25, 0.3) is 0 Å². The normalized spacial score (nSPS) is 9.95. The Morgan fingerprint density at radius 2 is 2.24 bits per heavy atom. The number of rotatable bonds is 5. The summed E-state index contributed by atoms with van der Waals surface area (Å²) in [6, 6.07) is 7.25. The van der Waals surface area contributed by atoms with Gasteiger partial charge in [0.1, 0.15) is 0 Å². The summed E-state index contributed by atoms with van der Waals surface area (Å²) in [5, 5.41) is 19.0. The third kappa shape index (κ3) is 3.60. The molecule has 2 N–H and O–H groups in total. The van der Waals surface area contributed by atoms with E-state index in [0.717, 1.165) is 18.7 Å². The van der Waals surface area contributed by atoms with E-state index in [1.54, 1.807) is 36.1 Å².